The van der Waals surface area contributed by atoms with E-state index in [4.69, 9.17) is 9.47 Å². The molecule has 0 spiro atoms. The average molecular weight is 515 g/mol. The van der Waals surface area contributed by atoms with E-state index >= 15 is 0 Å². The molecule has 0 fully saturated rings. The van der Waals surface area contributed by atoms with Crippen LogP contribution in [0.5, 0.6) is 0 Å². The Balaban J connectivity index is 1.94. The molecule has 1 atom stereocenters. The monoisotopic (exact) mass is 514 g/mol. The predicted molar refractivity (Wildman–Crippen MR) is 128 cm³/mol. The summed E-state index contributed by atoms with van der Waals surface area (Å²) in [6.07, 6.45) is -0.0202. The van der Waals surface area contributed by atoms with Crippen LogP contribution in [0.15, 0.2) is 77.7 Å². The van der Waals surface area contributed by atoms with Crippen LogP contribution in [0.4, 0.5) is 10.1 Å². The van der Waals surface area contributed by atoms with Crippen molar-refractivity contribution in [1.29, 1.82) is 0 Å². The first-order chi connectivity index (χ1) is 17.1. The maximum Gasteiger partial charge on any atom is 0.337 e. The number of carbonyl (C=O) groups excluding carboxylic acids is 3. The zero-order chi connectivity index (χ0) is 26.3. The topological polar surface area (TPSA) is 128 Å². The summed E-state index contributed by atoms with van der Waals surface area (Å²) in [6, 6.07) is 15.3. The van der Waals surface area contributed by atoms with E-state index in [1.165, 1.54) is 18.2 Å². The number of methoxy groups -OCH3 is 2. The van der Waals surface area contributed by atoms with Crippen LogP contribution in [0.1, 0.15) is 26.3 Å². The van der Waals surface area contributed by atoms with Crippen LogP contribution in [0.25, 0.3) is 0 Å². The fourth-order valence-corrected chi connectivity index (χ4v) is 4.50. The predicted octanol–water partition coefficient (Wildman–Crippen LogP) is 2.93. The molecule has 0 bridgehead atoms. The van der Waals surface area contributed by atoms with Crippen LogP contribution < -0.4 is 10.0 Å². The van der Waals surface area contributed by atoms with Gasteiger partial charge in [0.2, 0.25) is 15.9 Å². The van der Waals surface area contributed by atoms with E-state index in [2.05, 4.69) is 10.0 Å². The van der Waals surface area contributed by atoms with Crippen LogP contribution >= 0.6 is 0 Å². The molecule has 0 radical (unpaired) electrons. The summed E-state index contributed by atoms with van der Waals surface area (Å²) in [5.74, 6) is -2.88. The minimum absolute atomic E-state index is 0.0202. The summed E-state index contributed by atoms with van der Waals surface area (Å²) in [7, 11) is -1.89. The van der Waals surface area contributed by atoms with Gasteiger partial charge in [0, 0.05) is 5.69 Å². The Morgan fingerprint density at radius 1 is 0.861 bits per heavy atom. The zero-order valence-corrected chi connectivity index (χ0v) is 20.2. The average Bonchev–Trinajstić information content (AvgIpc) is 2.87. The highest BCUT2D eigenvalue weighted by Crippen LogP contribution is 2.19. The number of hydrogen-bond acceptors (Lipinski definition) is 7. The first kappa shape index (κ1) is 26.5. The summed E-state index contributed by atoms with van der Waals surface area (Å²) in [5.41, 5.74) is 0.657. The van der Waals surface area contributed by atoms with E-state index in [-0.39, 0.29) is 28.1 Å². The smallest absolute Gasteiger partial charge is 0.337 e. The van der Waals surface area contributed by atoms with Crippen molar-refractivity contribution in [3.8, 4) is 0 Å². The molecule has 3 aromatic rings. The Hall–Kier alpha value is -4.09. The molecule has 3 aromatic carbocycles. The first-order valence-corrected chi connectivity index (χ1v) is 12.1. The molecule has 0 saturated heterocycles. The van der Waals surface area contributed by atoms with Crippen molar-refractivity contribution in [2.75, 3.05) is 19.5 Å². The van der Waals surface area contributed by atoms with Gasteiger partial charge in [0.15, 0.2) is 0 Å². The van der Waals surface area contributed by atoms with Crippen molar-refractivity contribution in [1.82, 2.24) is 4.72 Å². The van der Waals surface area contributed by atoms with Gasteiger partial charge in [-0.05, 0) is 54.4 Å². The molecule has 9 nitrogen and oxygen atoms in total. The van der Waals surface area contributed by atoms with Crippen molar-refractivity contribution in [2.45, 2.75) is 17.4 Å². The van der Waals surface area contributed by atoms with Gasteiger partial charge in [-0.1, -0.05) is 30.3 Å². The van der Waals surface area contributed by atoms with E-state index in [0.29, 0.717) is 5.56 Å². The van der Waals surface area contributed by atoms with Crippen LogP contribution in [0.2, 0.25) is 0 Å². The van der Waals surface area contributed by atoms with Crippen LogP contribution in [0.3, 0.4) is 0 Å². The van der Waals surface area contributed by atoms with Crippen molar-refractivity contribution >= 4 is 33.6 Å². The van der Waals surface area contributed by atoms with Gasteiger partial charge < -0.3 is 14.8 Å². The third kappa shape index (κ3) is 6.74. The van der Waals surface area contributed by atoms with Crippen LogP contribution in [-0.4, -0.2) is 46.5 Å². The molecule has 188 valence electrons. The van der Waals surface area contributed by atoms with E-state index in [9.17, 15) is 27.2 Å². The van der Waals surface area contributed by atoms with Gasteiger partial charge in [-0.3, -0.25) is 4.79 Å². The summed E-state index contributed by atoms with van der Waals surface area (Å²) < 4.78 is 50.9. The fraction of sp³-hybridized carbons (Fsp3) is 0.160. The molecule has 1 unspecified atom stereocenters. The van der Waals surface area contributed by atoms with E-state index < -0.39 is 39.7 Å². The standard InChI is InChI=1S/C25H23FN2O7S/c1-34-24(30)17-13-18(25(31)35-2)15-20(14-17)27-23(29)22(12-16-6-4-3-5-7-16)28-36(32,33)21-10-8-19(26)9-11-21/h3-11,13-15,22,28H,12H2,1-2H3,(H,27,29). The van der Waals surface area contributed by atoms with E-state index in [1.54, 1.807) is 30.3 Å². The molecule has 0 saturated carbocycles. The molecule has 0 aliphatic rings. The molecule has 3 rings (SSSR count). The van der Waals surface area contributed by atoms with Gasteiger partial charge in [-0.25, -0.2) is 22.4 Å². The highest BCUT2D eigenvalue weighted by Gasteiger charge is 2.27. The summed E-state index contributed by atoms with van der Waals surface area (Å²) in [5, 5.41) is 2.54. The Morgan fingerprint density at radius 2 is 1.42 bits per heavy atom. The largest absolute Gasteiger partial charge is 0.465 e. The van der Waals surface area contributed by atoms with Crippen molar-refractivity contribution in [3.63, 3.8) is 0 Å². The van der Waals surface area contributed by atoms with Gasteiger partial charge >= 0.3 is 11.9 Å². The lowest BCUT2D eigenvalue weighted by Gasteiger charge is -2.19. The third-order valence-corrected chi connectivity index (χ3v) is 6.55. The maximum absolute atomic E-state index is 13.3. The van der Waals surface area contributed by atoms with Gasteiger partial charge in [-0.2, -0.15) is 4.72 Å². The lowest BCUT2D eigenvalue weighted by atomic mass is 10.1. The van der Waals surface area contributed by atoms with Crippen molar-refractivity contribution in [2.24, 2.45) is 0 Å². The summed E-state index contributed by atoms with van der Waals surface area (Å²) in [6.45, 7) is 0. The normalized spacial score (nSPS) is 11.9. The number of carbonyl (C=O) groups is 3. The van der Waals surface area contributed by atoms with E-state index in [1.807, 2.05) is 0 Å². The number of halogens is 1. The second-order valence-corrected chi connectivity index (χ2v) is 9.30. The summed E-state index contributed by atoms with van der Waals surface area (Å²) >= 11 is 0. The lowest BCUT2D eigenvalue weighted by Crippen LogP contribution is -2.45. The van der Waals surface area contributed by atoms with Crippen LogP contribution in [0, 0.1) is 5.82 Å². The number of nitrogens with one attached hydrogen (secondary N) is 2. The fourth-order valence-electron chi connectivity index (χ4n) is 3.31. The highest BCUT2D eigenvalue weighted by atomic mass is 32.2. The number of esters is 2. The molecule has 0 aliphatic carbocycles. The molecular weight excluding hydrogens is 491 g/mol. The second-order valence-electron chi connectivity index (χ2n) is 7.59. The quantitative estimate of drug-likeness (QED) is 0.420. The minimum Gasteiger partial charge on any atom is -0.465 e. The van der Waals surface area contributed by atoms with Gasteiger partial charge in [0.05, 0.1) is 30.2 Å². The highest BCUT2D eigenvalue weighted by molar-refractivity contribution is 7.89. The first-order valence-electron chi connectivity index (χ1n) is 10.6. The van der Waals surface area contributed by atoms with Crippen LogP contribution in [-0.2, 0) is 30.7 Å². The lowest BCUT2D eigenvalue weighted by molar-refractivity contribution is -0.117. The molecule has 2 N–H and O–H groups in total. The molecule has 0 aliphatic heterocycles. The molecule has 36 heavy (non-hydrogen) atoms. The number of benzene rings is 3. The number of amides is 1. The van der Waals surface area contributed by atoms with Crippen molar-refractivity contribution in [3.05, 3.63) is 95.3 Å². The molecule has 0 aromatic heterocycles. The number of sulfonamides is 1. The number of ether oxygens (including phenoxy) is 2. The molecule has 11 heteroatoms. The second kappa shape index (κ2) is 11.6. The zero-order valence-electron chi connectivity index (χ0n) is 19.4. The Kier molecular flexibility index (Phi) is 8.51. The van der Waals surface area contributed by atoms with E-state index in [0.717, 1.165) is 38.5 Å². The van der Waals surface area contributed by atoms with Crippen molar-refractivity contribution < 1.29 is 36.7 Å². The molecular formula is C25H23FN2O7S. The van der Waals surface area contributed by atoms with Gasteiger partial charge in [-0.15, -0.1) is 0 Å². The number of anilines is 1. The third-order valence-electron chi connectivity index (χ3n) is 5.06. The van der Waals surface area contributed by atoms with Gasteiger partial charge in [0.1, 0.15) is 11.9 Å². The SMILES string of the molecule is COC(=O)c1cc(NC(=O)C(Cc2ccccc2)NS(=O)(=O)c2ccc(F)cc2)cc(C(=O)OC)c1. The molecule has 0 heterocycles. The maximum atomic E-state index is 13.3. The number of hydrogen-bond donors (Lipinski definition) is 2. The Bertz CT molecular complexity index is 1330. The minimum atomic E-state index is -4.21. The Morgan fingerprint density at radius 3 is 1.94 bits per heavy atom. The molecule has 1 amide bonds. The summed E-state index contributed by atoms with van der Waals surface area (Å²) in [4.78, 5) is 37.1. The Labute approximate surface area is 207 Å². The van der Waals surface area contributed by atoms with Gasteiger partial charge in [0.25, 0.3) is 0 Å². The number of rotatable bonds is 9.